The van der Waals surface area contributed by atoms with E-state index in [9.17, 15) is 14.4 Å². The van der Waals surface area contributed by atoms with Crippen LogP contribution in [0.25, 0.3) is 0 Å². The normalized spacial score (nSPS) is 14.2. The van der Waals surface area contributed by atoms with Gasteiger partial charge in [0, 0.05) is 24.1 Å². The van der Waals surface area contributed by atoms with Crippen LogP contribution in [0, 0.1) is 25.2 Å². The van der Waals surface area contributed by atoms with Crippen molar-refractivity contribution in [2.45, 2.75) is 51.4 Å². The van der Waals surface area contributed by atoms with Gasteiger partial charge in [-0.05, 0) is 49.8 Å². The van der Waals surface area contributed by atoms with Gasteiger partial charge in [-0.2, -0.15) is 5.26 Å². The fourth-order valence-corrected chi connectivity index (χ4v) is 4.15. The predicted octanol–water partition coefficient (Wildman–Crippen LogP) is 2.58. The van der Waals surface area contributed by atoms with Crippen LogP contribution in [0.5, 0.6) is 0 Å². The monoisotopic (exact) mass is 421 g/mol. The van der Waals surface area contributed by atoms with E-state index in [1.165, 1.54) is 5.56 Å². The van der Waals surface area contributed by atoms with E-state index in [-0.39, 0.29) is 29.9 Å². The number of carbonyl (C=O) groups is 2. The molecule has 0 radical (unpaired) electrons. The van der Waals surface area contributed by atoms with Crippen molar-refractivity contribution in [2.24, 2.45) is 0 Å². The van der Waals surface area contributed by atoms with Gasteiger partial charge in [0.25, 0.3) is 11.5 Å². The number of aromatic amines is 1. The van der Waals surface area contributed by atoms with Gasteiger partial charge in [0.05, 0.1) is 0 Å². The highest BCUT2D eigenvalue weighted by Gasteiger charge is 2.38. The third kappa shape index (κ3) is 5.02. The van der Waals surface area contributed by atoms with Gasteiger partial charge >= 0.3 is 5.97 Å². The van der Waals surface area contributed by atoms with Crippen molar-refractivity contribution in [3.63, 3.8) is 0 Å². The number of pyridine rings is 1. The highest BCUT2D eigenvalue weighted by molar-refractivity contribution is 5.80. The van der Waals surface area contributed by atoms with E-state index in [2.05, 4.69) is 22.4 Å². The molecule has 2 aromatic rings. The number of aryl methyl sites for hydroxylation is 1. The number of rotatable bonds is 8. The molecule has 1 heterocycles. The van der Waals surface area contributed by atoms with Gasteiger partial charge < -0.3 is 15.0 Å². The minimum Gasteiger partial charge on any atom is -0.456 e. The molecule has 1 amide bonds. The predicted molar refractivity (Wildman–Crippen MR) is 116 cm³/mol. The number of aromatic nitrogens is 1. The van der Waals surface area contributed by atoms with E-state index in [0.29, 0.717) is 24.2 Å². The Bertz CT molecular complexity index is 1060. The Hall–Kier alpha value is -3.40. The summed E-state index contributed by atoms with van der Waals surface area (Å²) in [6.45, 7) is 3.63. The molecule has 0 bridgehead atoms. The summed E-state index contributed by atoms with van der Waals surface area (Å²) >= 11 is 0. The minimum atomic E-state index is -0.500. The summed E-state index contributed by atoms with van der Waals surface area (Å²) in [4.78, 5) is 38.7. The fraction of sp³-hybridized carbons (Fsp3) is 0.417. The van der Waals surface area contributed by atoms with E-state index >= 15 is 0 Å². The number of ether oxygens (including phenoxy) is 1. The van der Waals surface area contributed by atoms with Crippen LogP contribution in [0.4, 0.5) is 0 Å². The number of H-pyrrole nitrogens is 1. The first-order valence-corrected chi connectivity index (χ1v) is 10.5. The van der Waals surface area contributed by atoms with Crippen LogP contribution in [0.3, 0.4) is 0 Å². The molecule has 1 aliphatic carbocycles. The van der Waals surface area contributed by atoms with Crippen LogP contribution < -0.4 is 10.9 Å². The number of benzene rings is 1. The number of esters is 1. The number of carbonyl (C=O) groups excluding carboxylic acids is 2. The topological polar surface area (TPSA) is 112 Å². The summed E-state index contributed by atoms with van der Waals surface area (Å²) in [6, 6.07) is 12.1. The molecule has 2 N–H and O–H groups in total. The smallest absolute Gasteiger partial charge is 0.306 e. The number of amides is 1. The highest BCUT2D eigenvalue weighted by atomic mass is 16.5. The quantitative estimate of drug-likeness (QED) is 0.636. The van der Waals surface area contributed by atoms with Crippen molar-refractivity contribution in [1.82, 2.24) is 10.3 Å². The maximum atomic E-state index is 12.2. The van der Waals surface area contributed by atoms with Gasteiger partial charge in [-0.1, -0.05) is 36.8 Å². The standard InChI is InChI=1S/C24H27N3O4/c1-16-19(17(2)27-23(30)20(16)13-25)9-10-22(29)31-14-21(28)26-15-24(11-6-12-24)18-7-4-3-5-8-18/h3-5,7-8H,6,9-12,14-15H2,1-2H3,(H,26,28)(H,27,30). The Morgan fingerprint density at radius 2 is 1.94 bits per heavy atom. The van der Waals surface area contributed by atoms with Crippen LogP contribution in [0.15, 0.2) is 35.1 Å². The Labute approximate surface area is 181 Å². The van der Waals surface area contributed by atoms with Gasteiger partial charge in [0.1, 0.15) is 11.6 Å². The molecule has 3 rings (SSSR count). The first-order chi connectivity index (χ1) is 14.9. The van der Waals surface area contributed by atoms with E-state index in [1.54, 1.807) is 13.8 Å². The summed E-state index contributed by atoms with van der Waals surface area (Å²) in [7, 11) is 0. The Kier molecular flexibility index (Phi) is 6.91. The second-order valence-corrected chi connectivity index (χ2v) is 8.11. The Balaban J connectivity index is 1.48. The molecule has 1 aromatic carbocycles. The van der Waals surface area contributed by atoms with Crippen molar-refractivity contribution >= 4 is 11.9 Å². The second kappa shape index (κ2) is 9.61. The third-order valence-corrected chi connectivity index (χ3v) is 6.18. The molecule has 0 aliphatic heterocycles. The maximum Gasteiger partial charge on any atom is 0.306 e. The van der Waals surface area contributed by atoms with Gasteiger partial charge in [0.2, 0.25) is 0 Å². The molecule has 7 heteroatoms. The highest BCUT2D eigenvalue weighted by Crippen LogP contribution is 2.43. The summed E-state index contributed by atoms with van der Waals surface area (Å²) in [5.41, 5.74) is 2.75. The molecule has 7 nitrogen and oxygen atoms in total. The summed E-state index contributed by atoms with van der Waals surface area (Å²) in [5.74, 6) is -0.821. The maximum absolute atomic E-state index is 12.2. The first kappa shape index (κ1) is 22.3. The molecule has 1 fully saturated rings. The molecule has 0 atom stereocenters. The van der Waals surface area contributed by atoms with Crippen LogP contribution in [-0.2, 0) is 26.2 Å². The lowest BCUT2D eigenvalue weighted by Gasteiger charge is -2.42. The van der Waals surface area contributed by atoms with E-state index in [0.717, 1.165) is 24.8 Å². The van der Waals surface area contributed by atoms with Gasteiger partial charge in [-0.25, -0.2) is 0 Å². The number of hydrogen-bond acceptors (Lipinski definition) is 5. The minimum absolute atomic E-state index is 0.0291. The lowest BCUT2D eigenvalue weighted by Crippen LogP contribution is -2.46. The van der Waals surface area contributed by atoms with E-state index in [4.69, 9.17) is 10.00 Å². The van der Waals surface area contributed by atoms with E-state index in [1.807, 2.05) is 24.3 Å². The van der Waals surface area contributed by atoms with Crippen molar-refractivity contribution < 1.29 is 14.3 Å². The first-order valence-electron chi connectivity index (χ1n) is 10.5. The zero-order valence-electron chi connectivity index (χ0n) is 17.9. The van der Waals surface area contributed by atoms with Crippen molar-refractivity contribution in [1.29, 1.82) is 5.26 Å². The summed E-state index contributed by atoms with van der Waals surface area (Å²) < 4.78 is 5.12. The number of hydrogen-bond donors (Lipinski definition) is 2. The van der Waals surface area contributed by atoms with E-state index < -0.39 is 11.5 Å². The van der Waals surface area contributed by atoms with Crippen LogP contribution in [0.2, 0.25) is 0 Å². The molecule has 162 valence electrons. The molecule has 0 saturated heterocycles. The molecule has 0 unspecified atom stereocenters. The van der Waals surface area contributed by atoms with Gasteiger partial charge in [0.15, 0.2) is 6.61 Å². The van der Waals surface area contributed by atoms with Crippen molar-refractivity contribution in [3.8, 4) is 6.07 Å². The van der Waals surface area contributed by atoms with Crippen molar-refractivity contribution in [3.05, 3.63) is 68.6 Å². The Morgan fingerprint density at radius 3 is 2.55 bits per heavy atom. The molecular formula is C24H27N3O4. The molecule has 0 spiro atoms. The lowest BCUT2D eigenvalue weighted by molar-refractivity contribution is -0.148. The molecule has 1 aliphatic rings. The molecule has 31 heavy (non-hydrogen) atoms. The number of nitrogens with zero attached hydrogens (tertiary/aromatic N) is 1. The molecule has 1 aromatic heterocycles. The third-order valence-electron chi connectivity index (χ3n) is 6.18. The average molecular weight is 421 g/mol. The molecule has 1 saturated carbocycles. The second-order valence-electron chi connectivity index (χ2n) is 8.11. The lowest BCUT2D eigenvalue weighted by atomic mass is 9.64. The average Bonchev–Trinajstić information content (AvgIpc) is 2.72. The zero-order chi connectivity index (χ0) is 22.4. The molecular weight excluding hydrogens is 394 g/mol. The zero-order valence-corrected chi connectivity index (χ0v) is 17.9. The SMILES string of the molecule is Cc1[nH]c(=O)c(C#N)c(C)c1CCC(=O)OCC(=O)NCC1(c2ccccc2)CCC1. The number of nitriles is 1. The van der Waals surface area contributed by atoms with Gasteiger partial charge in [-0.15, -0.1) is 0 Å². The van der Waals surface area contributed by atoms with Crippen LogP contribution in [0.1, 0.15) is 53.6 Å². The van der Waals surface area contributed by atoms with Crippen LogP contribution in [-0.4, -0.2) is 30.0 Å². The summed E-state index contributed by atoms with van der Waals surface area (Å²) in [6.07, 6.45) is 3.57. The number of nitrogens with one attached hydrogen (secondary N) is 2. The largest absolute Gasteiger partial charge is 0.456 e. The Morgan fingerprint density at radius 1 is 1.23 bits per heavy atom. The summed E-state index contributed by atoms with van der Waals surface area (Å²) in [5, 5.41) is 12.0. The fourth-order valence-electron chi connectivity index (χ4n) is 4.15. The van der Waals surface area contributed by atoms with Gasteiger partial charge in [-0.3, -0.25) is 14.4 Å². The van der Waals surface area contributed by atoms with Crippen molar-refractivity contribution in [2.75, 3.05) is 13.2 Å². The van der Waals surface area contributed by atoms with Crippen LogP contribution >= 0.6 is 0 Å².